The van der Waals surface area contributed by atoms with Crippen molar-refractivity contribution in [2.75, 3.05) is 27.4 Å². The number of halogens is 1. The number of benzene rings is 3. The fourth-order valence-electron chi connectivity index (χ4n) is 5.90. The lowest BCUT2D eigenvalue weighted by molar-refractivity contribution is 0.0774. The summed E-state index contributed by atoms with van der Waals surface area (Å²) in [5.74, 6) is 1.58. The number of hydrogen-bond acceptors (Lipinski definition) is 10. The number of aromatic nitrogens is 3. The van der Waals surface area contributed by atoms with Gasteiger partial charge in [-0.05, 0) is 80.1 Å². The van der Waals surface area contributed by atoms with E-state index in [-0.39, 0.29) is 35.7 Å². The standard InChI is InChI=1S/C37H38ClN5O7/c1-47-34-17-24(8-11-31(44)29-18-25(38)10-12-32(29)45)9-13-33(34)49-16-5-3-4-14-42-22-26(40-41-42)23-50-36-20-30-28(19-35(36)48-2)37(46)43-15-6-7-27(43)21-39-30/h8-13,17-22,27,45H,3-7,14-16,23H2,1-2H3/b11-8+/t27-/m0/s1. The van der Waals surface area contributed by atoms with E-state index in [1.165, 1.54) is 24.3 Å². The van der Waals surface area contributed by atoms with Crippen LogP contribution in [-0.2, 0) is 13.2 Å². The van der Waals surface area contributed by atoms with E-state index in [9.17, 15) is 14.7 Å². The summed E-state index contributed by atoms with van der Waals surface area (Å²) in [7, 11) is 3.11. The first-order chi connectivity index (χ1) is 24.3. The summed E-state index contributed by atoms with van der Waals surface area (Å²) in [6.07, 6.45) is 11.2. The molecule has 260 valence electrons. The van der Waals surface area contributed by atoms with Gasteiger partial charge in [-0.15, -0.1) is 5.10 Å². The zero-order chi connectivity index (χ0) is 35.0. The fourth-order valence-corrected chi connectivity index (χ4v) is 6.07. The molecule has 0 radical (unpaired) electrons. The van der Waals surface area contributed by atoms with Gasteiger partial charge in [0.25, 0.3) is 5.91 Å². The molecule has 0 spiro atoms. The van der Waals surface area contributed by atoms with E-state index in [0.29, 0.717) is 58.1 Å². The van der Waals surface area contributed by atoms with Crippen LogP contribution >= 0.6 is 11.6 Å². The Balaban J connectivity index is 0.942. The van der Waals surface area contributed by atoms with Gasteiger partial charge in [0.1, 0.15) is 18.1 Å². The van der Waals surface area contributed by atoms with E-state index in [2.05, 4.69) is 15.3 Å². The van der Waals surface area contributed by atoms with Crippen LogP contribution in [0.5, 0.6) is 28.7 Å². The number of aliphatic imine (C=N–C) groups is 1. The molecule has 13 heteroatoms. The molecule has 0 aliphatic carbocycles. The lowest BCUT2D eigenvalue weighted by atomic mass is 10.1. The molecule has 12 nitrogen and oxygen atoms in total. The largest absolute Gasteiger partial charge is 0.507 e. The molecule has 1 aromatic heterocycles. The number of phenols is 1. The number of methoxy groups -OCH3 is 2. The maximum absolute atomic E-state index is 13.1. The average Bonchev–Trinajstić information content (AvgIpc) is 3.78. The van der Waals surface area contributed by atoms with Crippen LogP contribution in [0.1, 0.15) is 64.1 Å². The Morgan fingerprint density at radius 1 is 1.00 bits per heavy atom. The summed E-state index contributed by atoms with van der Waals surface area (Å²) in [5.41, 5.74) is 2.63. The summed E-state index contributed by atoms with van der Waals surface area (Å²) in [6, 6.07) is 13.2. The maximum Gasteiger partial charge on any atom is 0.256 e. The zero-order valence-electron chi connectivity index (χ0n) is 27.9. The highest BCUT2D eigenvalue weighted by atomic mass is 35.5. The van der Waals surface area contributed by atoms with Gasteiger partial charge < -0.3 is 29.0 Å². The van der Waals surface area contributed by atoms with Gasteiger partial charge >= 0.3 is 0 Å². The molecule has 1 N–H and O–H groups in total. The lowest BCUT2D eigenvalue weighted by Gasteiger charge is -2.20. The number of allylic oxidation sites excluding steroid dienone is 1. The average molecular weight is 700 g/mol. The van der Waals surface area contributed by atoms with E-state index >= 15 is 0 Å². The van der Waals surface area contributed by atoms with Crippen LogP contribution in [0, 0.1) is 0 Å². The van der Waals surface area contributed by atoms with Crippen molar-refractivity contribution in [3.63, 3.8) is 0 Å². The van der Waals surface area contributed by atoms with Crippen LogP contribution in [0.15, 0.2) is 65.8 Å². The van der Waals surface area contributed by atoms with E-state index in [1.54, 1.807) is 49.2 Å². The molecule has 0 saturated carbocycles. The Morgan fingerprint density at radius 2 is 1.84 bits per heavy atom. The van der Waals surface area contributed by atoms with E-state index in [1.807, 2.05) is 23.4 Å². The van der Waals surface area contributed by atoms with Crippen LogP contribution in [0.2, 0.25) is 5.02 Å². The Morgan fingerprint density at radius 3 is 2.68 bits per heavy atom. The number of aryl methyl sites for hydroxylation is 1. The Hall–Kier alpha value is -5.36. The summed E-state index contributed by atoms with van der Waals surface area (Å²) in [5, 5.41) is 18.8. The predicted molar refractivity (Wildman–Crippen MR) is 188 cm³/mol. The molecule has 1 fully saturated rings. The van der Waals surface area contributed by atoms with Crippen molar-refractivity contribution >= 4 is 41.3 Å². The normalized spacial score (nSPS) is 15.1. The minimum absolute atomic E-state index is 0.0300. The first-order valence-electron chi connectivity index (χ1n) is 16.4. The van der Waals surface area contributed by atoms with Crippen LogP contribution in [0.4, 0.5) is 5.69 Å². The first kappa shape index (κ1) is 34.5. The molecule has 4 aromatic rings. The summed E-state index contributed by atoms with van der Waals surface area (Å²) in [4.78, 5) is 32.1. The number of ether oxygens (including phenoxy) is 4. The summed E-state index contributed by atoms with van der Waals surface area (Å²) >= 11 is 5.96. The van der Waals surface area contributed by atoms with Gasteiger partial charge in [0, 0.05) is 30.4 Å². The third-order valence-corrected chi connectivity index (χ3v) is 8.78. The third kappa shape index (κ3) is 8.08. The van der Waals surface area contributed by atoms with Gasteiger partial charge in [-0.2, -0.15) is 0 Å². The van der Waals surface area contributed by atoms with Crippen LogP contribution in [0.25, 0.3) is 6.08 Å². The minimum atomic E-state index is -0.364. The number of hydrogen-bond donors (Lipinski definition) is 1. The van der Waals surface area contributed by atoms with Crippen molar-refractivity contribution in [2.24, 2.45) is 4.99 Å². The number of amides is 1. The molecule has 1 saturated heterocycles. The number of aromatic hydroxyl groups is 1. The molecule has 2 aliphatic rings. The van der Waals surface area contributed by atoms with Crippen molar-refractivity contribution in [3.05, 3.63) is 88.2 Å². The molecule has 1 amide bonds. The highest BCUT2D eigenvalue weighted by molar-refractivity contribution is 6.31. The topological polar surface area (TPSA) is 138 Å². The molecule has 2 aliphatic heterocycles. The third-order valence-electron chi connectivity index (χ3n) is 8.55. The molecule has 0 unspecified atom stereocenters. The highest BCUT2D eigenvalue weighted by Crippen LogP contribution is 2.38. The molecule has 6 rings (SSSR count). The number of rotatable bonds is 15. The fraction of sp³-hybridized carbons (Fsp3) is 0.324. The minimum Gasteiger partial charge on any atom is -0.507 e. The SMILES string of the molecule is COc1cc(/C=C/C(=O)c2cc(Cl)ccc2O)ccc1OCCCCCn1cc(COc2cc3c(cc2OC)C(=O)N2CCC[C@H]2C=N3)nn1. The molecule has 3 aromatic carbocycles. The van der Waals surface area contributed by atoms with Crippen molar-refractivity contribution < 1.29 is 33.6 Å². The molecular weight excluding hydrogens is 662 g/mol. The van der Waals surface area contributed by atoms with Gasteiger partial charge in [-0.3, -0.25) is 19.3 Å². The Bertz CT molecular complexity index is 1920. The van der Waals surface area contributed by atoms with Crippen molar-refractivity contribution in [3.8, 4) is 28.7 Å². The van der Waals surface area contributed by atoms with Gasteiger partial charge in [-0.25, -0.2) is 0 Å². The predicted octanol–water partition coefficient (Wildman–Crippen LogP) is 6.70. The number of unbranched alkanes of at least 4 members (excludes halogenated alkanes) is 2. The number of ketones is 1. The lowest BCUT2D eigenvalue weighted by Crippen LogP contribution is -2.35. The Kier molecular flexibility index (Phi) is 11.0. The van der Waals surface area contributed by atoms with Crippen LogP contribution < -0.4 is 18.9 Å². The molecule has 50 heavy (non-hydrogen) atoms. The van der Waals surface area contributed by atoms with Crippen LogP contribution in [0.3, 0.4) is 0 Å². The van der Waals surface area contributed by atoms with E-state index < -0.39 is 0 Å². The highest BCUT2D eigenvalue weighted by Gasteiger charge is 2.32. The van der Waals surface area contributed by atoms with Gasteiger partial charge in [0.15, 0.2) is 28.8 Å². The second-order valence-corrected chi connectivity index (χ2v) is 12.4. The van der Waals surface area contributed by atoms with E-state index in [0.717, 1.165) is 44.2 Å². The van der Waals surface area contributed by atoms with Crippen molar-refractivity contribution in [1.82, 2.24) is 19.9 Å². The zero-order valence-corrected chi connectivity index (χ0v) is 28.6. The molecule has 3 heterocycles. The first-order valence-corrected chi connectivity index (χ1v) is 16.8. The van der Waals surface area contributed by atoms with E-state index in [4.69, 9.17) is 30.5 Å². The summed E-state index contributed by atoms with van der Waals surface area (Å²) < 4.78 is 24.8. The van der Waals surface area contributed by atoms with Crippen molar-refractivity contribution in [2.45, 2.75) is 51.3 Å². The number of carbonyl (C=O) groups excluding carboxylic acids is 2. The van der Waals surface area contributed by atoms with Gasteiger partial charge in [0.2, 0.25) is 0 Å². The number of phenolic OH excluding ortho intramolecular Hbond substituents is 1. The van der Waals surface area contributed by atoms with Crippen molar-refractivity contribution in [1.29, 1.82) is 0 Å². The number of fused-ring (bicyclic) bond motifs is 2. The second kappa shape index (κ2) is 15.9. The second-order valence-electron chi connectivity index (χ2n) is 11.9. The molecule has 0 bridgehead atoms. The maximum atomic E-state index is 13.1. The van der Waals surface area contributed by atoms with Gasteiger partial charge in [-0.1, -0.05) is 29.0 Å². The number of nitrogens with zero attached hydrogens (tertiary/aromatic N) is 5. The molecule has 1 atom stereocenters. The Labute approximate surface area is 294 Å². The molecular formula is C37H38ClN5O7. The number of carbonyl (C=O) groups is 2. The summed E-state index contributed by atoms with van der Waals surface area (Å²) in [6.45, 7) is 2.12. The smallest absolute Gasteiger partial charge is 0.256 e. The quantitative estimate of drug-likeness (QED) is 0.0816. The monoisotopic (exact) mass is 699 g/mol. The van der Waals surface area contributed by atoms with Gasteiger partial charge in [0.05, 0.1) is 49.9 Å². The van der Waals surface area contributed by atoms with Crippen LogP contribution in [-0.4, -0.2) is 76.3 Å².